The molecule has 2 aliphatic heterocycles. The summed E-state index contributed by atoms with van der Waals surface area (Å²) in [6.45, 7) is 1.53. The lowest BCUT2D eigenvalue weighted by Crippen LogP contribution is -2.41. The van der Waals surface area contributed by atoms with Crippen LogP contribution in [-0.2, 0) is 21.9 Å². The molecule has 2 N–H and O–H groups in total. The predicted molar refractivity (Wildman–Crippen MR) is 102 cm³/mol. The monoisotopic (exact) mass is 459 g/mol. The summed E-state index contributed by atoms with van der Waals surface area (Å²) in [5.41, 5.74) is -1.32. The first kappa shape index (κ1) is 22.6. The minimum Gasteiger partial charge on any atom is -0.390 e. The highest BCUT2D eigenvalue weighted by Crippen LogP contribution is 2.50. The molecule has 0 aromatic heterocycles. The molecule has 4 nitrogen and oxygen atoms in total. The molecule has 5 unspecified atom stereocenters. The molecular formula is C22H19F6NO3. The average molecular weight is 459 g/mol. The van der Waals surface area contributed by atoms with Crippen LogP contribution in [0.5, 0.6) is 0 Å². The fraction of sp³-hybridized carbons (Fsp3) is 0.409. The minimum atomic E-state index is -4.60. The van der Waals surface area contributed by atoms with Crippen molar-refractivity contribution in [1.29, 1.82) is 0 Å². The third kappa shape index (κ3) is 4.09. The van der Waals surface area contributed by atoms with E-state index in [0.29, 0.717) is 5.56 Å². The molecule has 32 heavy (non-hydrogen) atoms. The highest BCUT2D eigenvalue weighted by atomic mass is 19.4. The third-order valence-electron chi connectivity index (χ3n) is 6.05. The fourth-order valence-electron chi connectivity index (χ4n) is 4.51. The number of aryl methyl sites for hydroxylation is 1. The van der Waals surface area contributed by atoms with E-state index in [1.54, 1.807) is 0 Å². The number of alkyl halides is 6. The van der Waals surface area contributed by atoms with E-state index in [4.69, 9.17) is 4.74 Å². The Labute approximate surface area is 179 Å². The zero-order valence-electron chi connectivity index (χ0n) is 16.7. The van der Waals surface area contributed by atoms with Crippen LogP contribution in [0.3, 0.4) is 0 Å². The van der Waals surface area contributed by atoms with E-state index in [1.807, 2.05) is 0 Å². The van der Waals surface area contributed by atoms with Gasteiger partial charge < -0.3 is 15.2 Å². The highest BCUT2D eigenvalue weighted by molar-refractivity contribution is 5.95. The molecule has 4 rings (SSSR count). The lowest BCUT2D eigenvalue weighted by Gasteiger charge is -2.30. The van der Waals surface area contributed by atoms with Gasteiger partial charge in [-0.3, -0.25) is 4.79 Å². The molecule has 2 heterocycles. The second-order valence-corrected chi connectivity index (χ2v) is 8.13. The Hall–Kier alpha value is -2.59. The maximum Gasteiger partial charge on any atom is 0.416 e. The van der Waals surface area contributed by atoms with Crippen LogP contribution in [0, 0.1) is 12.8 Å². The van der Waals surface area contributed by atoms with Crippen molar-refractivity contribution in [2.75, 3.05) is 5.32 Å². The van der Waals surface area contributed by atoms with E-state index in [-0.39, 0.29) is 17.7 Å². The van der Waals surface area contributed by atoms with E-state index >= 15 is 0 Å². The molecule has 0 radical (unpaired) electrons. The number of anilines is 1. The Morgan fingerprint density at radius 2 is 1.69 bits per heavy atom. The fourth-order valence-corrected chi connectivity index (χ4v) is 4.51. The maximum absolute atomic E-state index is 13.2. The zero-order valence-corrected chi connectivity index (χ0v) is 16.7. The van der Waals surface area contributed by atoms with Gasteiger partial charge in [-0.05, 0) is 36.2 Å². The highest BCUT2D eigenvalue weighted by Gasteiger charge is 2.57. The molecule has 5 atom stereocenters. The quantitative estimate of drug-likeness (QED) is 0.642. The van der Waals surface area contributed by atoms with E-state index in [0.717, 1.165) is 24.3 Å². The summed E-state index contributed by atoms with van der Waals surface area (Å²) in [5.74, 6) is -2.52. The summed E-state index contributed by atoms with van der Waals surface area (Å²) in [7, 11) is 0. The Balaban J connectivity index is 1.66. The van der Waals surface area contributed by atoms with Gasteiger partial charge in [-0.15, -0.1) is 0 Å². The molecule has 0 saturated carbocycles. The van der Waals surface area contributed by atoms with E-state index in [1.165, 1.54) is 25.1 Å². The summed E-state index contributed by atoms with van der Waals surface area (Å²) >= 11 is 0. The number of amides is 1. The summed E-state index contributed by atoms with van der Waals surface area (Å²) in [6, 6.07) is 7.38. The smallest absolute Gasteiger partial charge is 0.390 e. The number of carbonyl (C=O) groups excluding carboxylic acids is 1. The first-order valence-electron chi connectivity index (χ1n) is 9.85. The average Bonchev–Trinajstić information content (AvgIpc) is 3.25. The van der Waals surface area contributed by atoms with Crippen molar-refractivity contribution >= 4 is 11.6 Å². The van der Waals surface area contributed by atoms with Gasteiger partial charge in [0.25, 0.3) is 0 Å². The standard InChI is InChI=1S/C22H19F6NO3/c1-10-5-6-13(22(26,27)28)8-14(10)29-20(31)18-16-9-15(30)19(32-16)17(18)11-3-2-4-12(7-11)21(23,24)25/h2-8,15-19,30H,9H2,1H3,(H,29,31). The van der Waals surface area contributed by atoms with Crippen LogP contribution in [0.2, 0.25) is 0 Å². The lowest BCUT2D eigenvalue weighted by atomic mass is 9.73. The van der Waals surface area contributed by atoms with Crippen LogP contribution in [0.15, 0.2) is 42.5 Å². The van der Waals surface area contributed by atoms with Gasteiger partial charge in [-0.2, -0.15) is 26.3 Å². The number of fused-ring (bicyclic) bond motifs is 2. The van der Waals surface area contributed by atoms with Crippen LogP contribution < -0.4 is 5.32 Å². The number of halogens is 6. The molecule has 2 bridgehead atoms. The zero-order chi connectivity index (χ0) is 23.4. The number of hydrogen-bond acceptors (Lipinski definition) is 3. The summed E-state index contributed by atoms with van der Waals surface area (Å²) in [6.07, 6.45) is -11.7. The second-order valence-electron chi connectivity index (χ2n) is 8.13. The van der Waals surface area contributed by atoms with Gasteiger partial charge in [0.2, 0.25) is 5.91 Å². The van der Waals surface area contributed by atoms with E-state index in [2.05, 4.69) is 5.32 Å². The molecule has 2 fully saturated rings. The first-order valence-corrected chi connectivity index (χ1v) is 9.85. The molecule has 2 aromatic carbocycles. The van der Waals surface area contributed by atoms with Gasteiger partial charge >= 0.3 is 12.4 Å². The Morgan fingerprint density at radius 3 is 2.34 bits per heavy atom. The van der Waals surface area contributed by atoms with E-state index in [9.17, 15) is 36.2 Å². The molecule has 172 valence electrons. The van der Waals surface area contributed by atoms with Crippen LogP contribution in [-0.4, -0.2) is 29.3 Å². The Bertz CT molecular complexity index is 1040. The van der Waals surface area contributed by atoms with Gasteiger partial charge in [0.05, 0.1) is 35.4 Å². The molecule has 1 amide bonds. The second kappa shape index (κ2) is 7.77. The molecule has 2 aromatic rings. The molecular weight excluding hydrogens is 440 g/mol. The first-order chi connectivity index (χ1) is 14.9. The molecule has 2 aliphatic rings. The van der Waals surface area contributed by atoms with Crippen molar-refractivity contribution in [3.8, 4) is 0 Å². The van der Waals surface area contributed by atoms with Crippen molar-refractivity contribution in [2.24, 2.45) is 5.92 Å². The van der Waals surface area contributed by atoms with Crippen LogP contribution >= 0.6 is 0 Å². The number of rotatable bonds is 3. The van der Waals surface area contributed by atoms with Crippen LogP contribution in [0.25, 0.3) is 0 Å². The van der Waals surface area contributed by atoms with Crippen molar-refractivity contribution in [1.82, 2.24) is 0 Å². The van der Waals surface area contributed by atoms with Crippen LogP contribution in [0.4, 0.5) is 32.0 Å². The molecule has 2 saturated heterocycles. The summed E-state index contributed by atoms with van der Waals surface area (Å²) in [5, 5.41) is 12.7. The predicted octanol–water partition coefficient (Wildman–Crippen LogP) is 4.90. The third-order valence-corrected chi connectivity index (χ3v) is 6.05. The van der Waals surface area contributed by atoms with Crippen molar-refractivity contribution in [2.45, 2.75) is 49.9 Å². The SMILES string of the molecule is Cc1ccc(C(F)(F)F)cc1NC(=O)C1C2CC(O)C(O2)C1c1cccc(C(F)(F)F)c1. The van der Waals surface area contributed by atoms with Gasteiger partial charge in [0.1, 0.15) is 0 Å². The number of ether oxygens (including phenoxy) is 1. The van der Waals surface area contributed by atoms with E-state index < -0.39 is 59.5 Å². The Morgan fingerprint density at radius 1 is 1.03 bits per heavy atom. The number of aliphatic hydroxyl groups excluding tert-OH is 1. The number of carbonyl (C=O) groups is 1. The minimum absolute atomic E-state index is 0.0454. The normalized spacial score (nSPS) is 27.6. The molecule has 10 heteroatoms. The van der Waals surface area contributed by atoms with Gasteiger partial charge in [-0.1, -0.05) is 24.3 Å². The van der Waals surface area contributed by atoms with Crippen molar-refractivity contribution < 1.29 is 41.0 Å². The largest absolute Gasteiger partial charge is 0.416 e. The number of benzene rings is 2. The van der Waals surface area contributed by atoms with Crippen molar-refractivity contribution in [3.63, 3.8) is 0 Å². The van der Waals surface area contributed by atoms with Gasteiger partial charge in [0.15, 0.2) is 0 Å². The van der Waals surface area contributed by atoms with Gasteiger partial charge in [-0.25, -0.2) is 0 Å². The lowest BCUT2D eigenvalue weighted by molar-refractivity contribution is -0.138. The number of hydrogen-bond donors (Lipinski definition) is 2. The maximum atomic E-state index is 13.2. The van der Waals surface area contributed by atoms with Crippen LogP contribution in [0.1, 0.15) is 34.6 Å². The molecule has 0 aliphatic carbocycles. The summed E-state index contributed by atoms with van der Waals surface area (Å²) in [4.78, 5) is 13.1. The Kier molecular flexibility index (Phi) is 5.49. The number of aliphatic hydroxyl groups is 1. The topological polar surface area (TPSA) is 58.6 Å². The van der Waals surface area contributed by atoms with Gasteiger partial charge in [0, 0.05) is 18.0 Å². The molecule has 0 spiro atoms. The van der Waals surface area contributed by atoms with Crippen molar-refractivity contribution in [3.05, 3.63) is 64.7 Å². The summed E-state index contributed by atoms with van der Waals surface area (Å²) < 4.78 is 84.5. The number of nitrogens with one attached hydrogen (secondary N) is 1.